The molecule has 0 saturated heterocycles. The monoisotopic (exact) mass is 438 g/mol. The van der Waals surface area contributed by atoms with Crippen LogP contribution in [0.25, 0.3) is 0 Å². The van der Waals surface area contributed by atoms with E-state index in [0.29, 0.717) is 34.7 Å². The molecule has 7 heteroatoms. The van der Waals surface area contributed by atoms with Crippen LogP contribution in [0.2, 0.25) is 10.0 Å². The quantitative estimate of drug-likeness (QED) is 0.490. The van der Waals surface area contributed by atoms with Gasteiger partial charge in [0.15, 0.2) is 11.5 Å². The van der Waals surface area contributed by atoms with Crippen molar-refractivity contribution < 1.29 is 9.47 Å². The third-order valence-electron chi connectivity index (χ3n) is 4.03. The van der Waals surface area contributed by atoms with Gasteiger partial charge in [0.2, 0.25) is 0 Å². The molecule has 2 aromatic carbocycles. The predicted octanol–water partition coefficient (Wildman–Crippen LogP) is 5.69. The van der Waals surface area contributed by atoms with E-state index in [0.717, 1.165) is 17.7 Å². The summed E-state index contributed by atoms with van der Waals surface area (Å²) >= 11 is 12.6. The number of nitrogens with zero attached hydrogens (tertiary/aromatic N) is 1. The SMILES string of the molecule is COc1cc(CNCc2ccncc2)cc(Cl)c1OCc1ccccc1Cl.Cl. The maximum atomic E-state index is 6.44. The highest BCUT2D eigenvalue weighted by molar-refractivity contribution is 6.32. The van der Waals surface area contributed by atoms with E-state index in [1.165, 1.54) is 5.56 Å². The molecule has 4 nitrogen and oxygen atoms in total. The number of methoxy groups -OCH3 is 1. The largest absolute Gasteiger partial charge is 0.493 e. The van der Waals surface area contributed by atoms with Crippen molar-refractivity contribution in [3.05, 3.63) is 87.7 Å². The minimum absolute atomic E-state index is 0. The van der Waals surface area contributed by atoms with E-state index in [-0.39, 0.29) is 12.4 Å². The lowest BCUT2D eigenvalue weighted by Gasteiger charge is -2.15. The fourth-order valence-electron chi connectivity index (χ4n) is 2.63. The van der Waals surface area contributed by atoms with Crippen LogP contribution >= 0.6 is 35.6 Å². The van der Waals surface area contributed by atoms with Crippen LogP contribution in [0.1, 0.15) is 16.7 Å². The summed E-state index contributed by atoms with van der Waals surface area (Å²) in [5.41, 5.74) is 3.07. The molecule has 0 atom stereocenters. The number of hydrogen-bond acceptors (Lipinski definition) is 4. The first-order valence-corrected chi connectivity index (χ1v) is 9.25. The summed E-state index contributed by atoms with van der Waals surface area (Å²) in [6, 6.07) is 15.3. The molecule has 0 unspecified atom stereocenters. The normalized spacial score (nSPS) is 10.2. The number of pyridine rings is 1. The number of benzene rings is 2. The second-order valence-corrected chi connectivity index (χ2v) is 6.76. The van der Waals surface area contributed by atoms with Gasteiger partial charge in [0.1, 0.15) is 6.61 Å². The Hall–Kier alpha value is -1.98. The van der Waals surface area contributed by atoms with E-state index in [4.69, 9.17) is 32.7 Å². The zero-order valence-electron chi connectivity index (χ0n) is 15.3. The van der Waals surface area contributed by atoms with Gasteiger partial charge in [-0.3, -0.25) is 4.98 Å². The van der Waals surface area contributed by atoms with E-state index in [1.54, 1.807) is 19.5 Å². The Labute approximate surface area is 181 Å². The van der Waals surface area contributed by atoms with E-state index < -0.39 is 0 Å². The highest BCUT2D eigenvalue weighted by atomic mass is 35.5. The van der Waals surface area contributed by atoms with Crippen LogP contribution in [0.3, 0.4) is 0 Å². The van der Waals surface area contributed by atoms with Gasteiger partial charge in [-0.2, -0.15) is 0 Å². The molecular formula is C21H21Cl3N2O2. The van der Waals surface area contributed by atoms with Gasteiger partial charge >= 0.3 is 0 Å². The Morgan fingerprint density at radius 3 is 2.36 bits per heavy atom. The maximum Gasteiger partial charge on any atom is 0.180 e. The zero-order chi connectivity index (χ0) is 19.1. The van der Waals surface area contributed by atoms with Crippen LogP contribution in [0.15, 0.2) is 60.9 Å². The van der Waals surface area contributed by atoms with E-state index in [1.807, 2.05) is 48.5 Å². The molecule has 3 aromatic rings. The molecule has 0 aliphatic heterocycles. The van der Waals surface area contributed by atoms with Crippen LogP contribution in [0, 0.1) is 0 Å². The molecular weight excluding hydrogens is 419 g/mol. The Bertz CT molecular complexity index is 892. The summed E-state index contributed by atoms with van der Waals surface area (Å²) in [6.45, 7) is 1.71. The van der Waals surface area contributed by atoms with Crippen LogP contribution in [-0.4, -0.2) is 12.1 Å². The van der Waals surface area contributed by atoms with Gasteiger partial charge in [0.25, 0.3) is 0 Å². The molecule has 0 fully saturated rings. The molecule has 3 rings (SSSR count). The third kappa shape index (κ3) is 6.01. The lowest BCUT2D eigenvalue weighted by Crippen LogP contribution is -2.13. The van der Waals surface area contributed by atoms with Crippen molar-refractivity contribution in [2.45, 2.75) is 19.7 Å². The molecule has 28 heavy (non-hydrogen) atoms. The molecule has 1 N–H and O–H groups in total. The van der Waals surface area contributed by atoms with Crippen molar-refractivity contribution in [2.75, 3.05) is 7.11 Å². The van der Waals surface area contributed by atoms with Crippen molar-refractivity contribution in [3.63, 3.8) is 0 Å². The number of hydrogen-bond donors (Lipinski definition) is 1. The van der Waals surface area contributed by atoms with Crippen molar-refractivity contribution in [3.8, 4) is 11.5 Å². The van der Waals surface area contributed by atoms with E-state index in [9.17, 15) is 0 Å². The summed E-state index contributed by atoms with van der Waals surface area (Å²) in [7, 11) is 1.60. The second kappa shape index (κ2) is 11.1. The average molecular weight is 440 g/mol. The average Bonchev–Trinajstić information content (AvgIpc) is 2.69. The summed E-state index contributed by atoms with van der Waals surface area (Å²) in [5.74, 6) is 1.10. The van der Waals surface area contributed by atoms with Gasteiger partial charge in [-0.25, -0.2) is 0 Å². The molecule has 0 radical (unpaired) electrons. The second-order valence-electron chi connectivity index (χ2n) is 5.95. The Balaban J connectivity index is 0.00000280. The maximum absolute atomic E-state index is 6.44. The van der Waals surface area contributed by atoms with Gasteiger partial charge in [-0.15, -0.1) is 12.4 Å². The number of ether oxygens (including phenoxy) is 2. The number of halogens is 3. The molecule has 0 spiro atoms. The summed E-state index contributed by atoms with van der Waals surface area (Å²) in [5, 5.41) is 4.54. The smallest absolute Gasteiger partial charge is 0.180 e. The van der Waals surface area contributed by atoms with Crippen LogP contribution < -0.4 is 14.8 Å². The van der Waals surface area contributed by atoms with Gasteiger partial charge in [0.05, 0.1) is 12.1 Å². The molecule has 148 valence electrons. The molecule has 0 bridgehead atoms. The Morgan fingerprint density at radius 1 is 0.929 bits per heavy atom. The lowest BCUT2D eigenvalue weighted by atomic mass is 10.2. The molecule has 0 aliphatic rings. The Morgan fingerprint density at radius 2 is 1.64 bits per heavy atom. The zero-order valence-corrected chi connectivity index (χ0v) is 17.7. The van der Waals surface area contributed by atoms with Crippen molar-refractivity contribution >= 4 is 35.6 Å². The van der Waals surface area contributed by atoms with Gasteiger partial charge < -0.3 is 14.8 Å². The number of nitrogens with one attached hydrogen (secondary N) is 1. The molecule has 1 heterocycles. The van der Waals surface area contributed by atoms with Gasteiger partial charge in [-0.05, 0) is 41.5 Å². The molecule has 0 saturated carbocycles. The third-order valence-corrected chi connectivity index (χ3v) is 4.68. The fourth-order valence-corrected chi connectivity index (χ4v) is 3.11. The fraction of sp³-hybridized carbons (Fsp3) is 0.190. The molecule has 0 aliphatic carbocycles. The summed E-state index contributed by atoms with van der Waals surface area (Å²) in [6.07, 6.45) is 3.56. The summed E-state index contributed by atoms with van der Waals surface area (Å²) < 4.78 is 11.4. The van der Waals surface area contributed by atoms with Crippen molar-refractivity contribution in [2.24, 2.45) is 0 Å². The minimum Gasteiger partial charge on any atom is -0.493 e. The lowest BCUT2D eigenvalue weighted by molar-refractivity contribution is 0.284. The number of aromatic nitrogens is 1. The van der Waals surface area contributed by atoms with Crippen molar-refractivity contribution in [1.29, 1.82) is 0 Å². The highest BCUT2D eigenvalue weighted by Gasteiger charge is 2.13. The molecule has 1 aromatic heterocycles. The highest BCUT2D eigenvalue weighted by Crippen LogP contribution is 2.37. The first-order valence-electron chi connectivity index (χ1n) is 8.49. The van der Waals surface area contributed by atoms with Crippen LogP contribution in [-0.2, 0) is 19.7 Å². The topological polar surface area (TPSA) is 43.4 Å². The van der Waals surface area contributed by atoms with Gasteiger partial charge in [-0.1, -0.05) is 41.4 Å². The van der Waals surface area contributed by atoms with Crippen molar-refractivity contribution in [1.82, 2.24) is 10.3 Å². The minimum atomic E-state index is 0. The standard InChI is InChI=1S/C21H20Cl2N2O2.ClH/c1-26-20-11-16(13-25-12-15-6-8-24-9-7-15)10-19(23)21(20)27-14-17-4-2-3-5-18(17)22;/h2-11,25H,12-14H2,1H3;1H. The van der Waals surface area contributed by atoms with Crippen LogP contribution in [0.5, 0.6) is 11.5 Å². The van der Waals surface area contributed by atoms with E-state index >= 15 is 0 Å². The van der Waals surface area contributed by atoms with Crippen LogP contribution in [0.4, 0.5) is 0 Å². The predicted molar refractivity (Wildman–Crippen MR) is 116 cm³/mol. The first kappa shape index (κ1) is 22.3. The number of rotatable bonds is 8. The first-order chi connectivity index (χ1) is 13.2. The Kier molecular flexibility index (Phi) is 8.87. The van der Waals surface area contributed by atoms with E-state index in [2.05, 4.69) is 10.3 Å². The van der Waals surface area contributed by atoms with Gasteiger partial charge in [0, 0.05) is 36.1 Å². The summed E-state index contributed by atoms with van der Waals surface area (Å²) in [4.78, 5) is 4.02. The molecule has 0 amide bonds.